The highest BCUT2D eigenvalue weighted by atomic mass is 16.5. The molecule has 1 aromatic rings. The van der Waals surface area contributed by atoms with Crippen molar-refractivity contribution in [1.29, 1.82) is 0 Å². The third-order valence-corrected chi connectivity index (χ3v) is 11.2. The first kappa shape index (κ1) is 28.4. The minimum atomic E-state index is -1.12. The molecule has 1 aromatic carbocycles. The van der Waals surface area contributed by atoms with Crippen LogP contribution in [0.15, 0.2) is 36.4 Å². The van der Waals surface area contributed by atoms with Crippen molar-refractivity contribution in [3.05, 3.63) is 42.0 Å². The van der Waals surface area contributed by atoms with Crippen LogP contribution in [0.1, 0.15) is 91.0 Å². The molecule has 5 aliphatic rings. The number of amides is 3. The van der Waals surface area contributed by atoms with Gasteiger partial charge in [0.15, 0.2) is 0 Å². The predicted molar refractivity (Wildman–Crippen MR) is 159 cm³/mol. The van der Waals surface area contributed by atoms with E-state index in [-0.39, 0.29) is 29.8 Å². The molecule has 0 aromatic heterocycles. The van der Waals surface area contributed by atoms with Crippen LogP contribution < -0.4 is 10.6 Å². The van der Waals surface area contributed by atoms with Gasteiger partial charge in [-0.25, -0.2) is 0 Å². The summed E-state index contributed by atoms with van der Waals surface area (Å²) in [5.41, 5.74) is 0.792. The molecule has 3 aliphatic heterocycles. The normalized spacial score (nSPS) is 39.7. The van der Waals surface area contributed by atoms with Gasteiger partial charge >= 0.3 is 0 Å². The molecular weight excluding hydrogens is 514 g/mol. The lowest BCUT2D eigenvalue weighted by Crippen LogP contribution is -2.60. The van der Waals surface area contributed by atoms with Crippen molar-refractivity contribution >= 4 is 23.4 Å². The van der Waals surface area contributed by atoms with Crippen molar-refractivity contribution < 1.29 is 19.1 Å². The molecule has 7 heteroatoms. The summed E-state index contributed by atoms with van der Waals surface area (Å²) in [6, 6.07) is 7.18. The topological polar surface area (TPSA) is 87.7 Å². The lowest BCUT2D eigenvalue weighted by molar-refractivity contribution is -0.146. The van der Waals surface area contributed by atoms with E-state index in [4.69, 9.17) is 4.74 Å². The molecule has 3 amide bonds. The Kier molecular flexibility index (Phi) is 7.54. The van der Waals surface area contributed by atoms with E-state index in [9.17, 15) is 14.4 Å². The van der Waals surface area contributed by atoms with Crippen LogP contribution in [-0.2, 0) is 19.1 Å². The van der Waals surface area contributed by atoms with E-state index in [0.29, 0.717) is 29.4 Å². The number of ether oxygens (including phenoxy) is 1. The third kappa shape index (κ3) is 4.72. The minimum Gasteiger partial charge on any atom is -0.359 e. The maximum absolute atomic E-state index is 14.5. The number of hydrogen-bond donors (Lipinski definition) is 2. The van der Waals surface area contributed by atoms with Gasteiger partial charge in [-0.1, -0.05) is 84.6 Å². The molecule has 0 radical (unpaired) electrons. The number of likely N-dealkylation sites (tertiary alicyclic amines) is 1. The molecule has 2 N–H and O–H groups in total. The molecule has 3 heterocycles. The number of fused-ring (bicyclic) bond motifs is 1. The fourth-order valence-corrected chi connectivity index (χ4v) is 8.50. The van der Waals surface area contributed by atoms with Crippen molar-refractivity contribution in [3.8, 4) is 0 Å². The highest BCUT2D eigenvalue weighted by Gasteiger charge is 2.73. The Hall–Kier alpha value is -2.67. The number of carbonyl (C=O) groups is 3. The van der Waals surface area contributed by atoms with Crippen LogP contribution in [0.2, 0.25) is 0 Å². The lowest BCUT2D eigenvalue weighted by Gasteiger charge is -2.42. The van der Waals surface area contributed by atoms with Crippen molar-refractivity contribution in [2.45, 2.75) is 115 Å². The average Bonchev–Trinajstić information content (AvgIpc) is 3.59. The van der Waals surface area contributed by atoms with Gasteiger partial charge in [0.05, 0.1) is 17.9 Å². The van der Waals surface area contributed by atoms with Gasteiger partial charge in [-0.05, 0) is 60.6 Å². The Morgan fingerprint density at radius 2 is 1.66 bits per heavy atom. The Labute approximate surface area is 244 Å². The summed E-state index contributed by atoms with van der Waals surface area (Å²) in [6.45, 7) is 11.0. The number of rotatable bonds is 6. The second-order valence-corrected chi connectivity index (χ2v) is 13.9. The summed E-state index contributed by atoms with van der Waals surface area (Å²) in [5.74, 6) is -0.223. The van der Waals surface area contributed by atoms with E-state index >= 15 is 0 Å². The van der Waals surface area contributed by atoms with Gasteiger partial charge in [0.1, 0.15) is 11.6 Å². The van der Waals surface area contributed by atoms with Gasteiger partial charge in [-0.15, -0.1) is 0 Å². The molecule has 2 saturated carbocycles. The van der Waals surface area contributed by atoms with Crippen molar-refractivity contribution in [2.24, 2.45) is 29.6 Å². The molecule has 1 spiro atoms. The molecule has 7 nitrogen and oxygen atoms in total. The van der Waals surface area contributed by atoms with Crippen LogP contribution in [0, 0.1) is 29.6 Å². The van der Waals surface area contributed by atoms with E-state index in [0.717, 1.165) is 38.5 Å². The number of carbonyl (C=O) groups excluding carboxylic acids is 3. The zero-order valence-electron chi connectivity index (χ0n) is 25.3. The van der Waals surface area contributed by atoms with Gasteiger partial charge in [0.25, 0.3) is 0 Å². The molecule has 41 heavy (non-hydrogen) atoms. The summed E-state index contributed by atoms with van der Waals surface area (Å²) in [7, 11) is 0. The average molecular weight is 562 g/mol. The van der Waals surface area contributed by atoms with E-state index in [2.05, 4.69) is 45.3 Å². The number of benzene rings is 1. The monoisotopic (exact) mass is 561 g/mol. The largest absolute Gasteiger partial charge is 0.359 e. The smallest absolute Gasteiger partial charge is 0.246 e. The molecular formula is C34H47N3O4. The molecule has 222 valence electrons. The molecule has 2 saturated heterocycles. The summed E-state index contributed by atoms with van der Waals surface area (Å²) >= 11 is 0. The molecule has 2 aliphatic carbocycles. The number of anilines is 1. The Morgan fingerprint density at radius 1 is 0.951 bits per heavy atom. The predicted octanol–water partition coefficient (Wildman–Crippen LogP) is 5.42. The first-order chi connectivity index (χ1) is 19.6. The summed E-state index contributed by atoms with van der Waals surface area (Å²) in [6.07, 6.45) is 10.6. The quantitative estimate of drug-likeness (QED) is 0.454. The van der Waals surface area contributed by atoms with Crippen molar-refractivity contribution in [1.82, 2.24) is 10.2 Å². The lowest BCUT2D eigenvalue weighted by atomic mass is 9.73. The third-order valence-electron chi connectivity index (χ3n) is 11.2. The number of nitrogens with zero attached hydrogens (tertiary/aromatic N) is 1. The molecule has 10 atom stereocenters. The van der Waals surface area contributed by atoms with E-state index in [1.54, 1.807) is 0 Å². The summed E-state index contributed by atoms with van der Waals surface area (Å²) in [5, 5.41) is 6.45. The Morgan fingerprint density at radius 3 is 2.37 bits per heavy atom. The van der Waals surface area contributed by atoms with Crippen LogP contribution in [0.3, 0.4) is 0 Å². The van der Waals surface area contributed by atoms with Crippen molar-refractivity contribution in [3.63, 3.8) is 0 Å². The van der Waals surface area contributed by atoms with Crippen LogP contribution in [0.4, 0.5) is 5.69 Å². The maximum Gasteiger partial charge on any atom is 0.246 e. The standard InChI is InChI=1S/C34H47N3O4/c1-19(2)23-13-15-24(16-14-23)35-31(38)28-27-17-18-34(41-27)29(28)33(40)37(26-12-7-6-9-21(26)4)30(34)32(39)36-25-11-8-10-20(3)22(25)5/h13-22,25-30H,6-12H2,1-5H3,(H,35,38)(H,36,39)/t20-,21-,22-,25+,26+,27+,28-,29+,30+,34+/m0/s1. The Balaban J connectivity index is 1.31. The maximum atomic E-state index is 14.5. The molecule has 2 bridgehead atoms. The van der Waals surface area contributed by atoms with E-state index < -0.39 is 29.6 Å². The van der Waals surface area contributed by atoms with E-state index in [1.165, 1.54) is 12.0 Å². The summed E-state index contributed by atoms with van der Waals surface area (Å²) in [4.78, 5) is 44.5. The fraction of sp³-hybridized carbons (Fsp3) is 0.676. The van der Waals surface area contributed by atoms with E-state index in [1.807, 2.05) is 41.3 Å². The first-order valence-corrected chi connectivity index (χ1v) is 16.0. The van der Waals surface area contributed by atoms with Gasteiger partial charge in [0, 0.05) is 17.8 Å². The van der Waals surface area contributed by atoms with Gasteiger partial charge in [-0.2, -0.15) is 0 Å². The van der Waals surface area contributed by atoms with Gasteiger partial charge in [0.2, 0.25) is 17.7 Å². The van der Waals surface area contributed by atoms with Crippen LogP contribution >= 0.6 is 0 Å². The zero-order chi connectivity index (χ0) is 29.1. The second kappa shape index (κ2) is 10.9. The van der Waals surface area contributed by atoms with Crippen LogP contribution in [0.25, 0.3) is 0 Å². The van der Waals surface area contributed by atoms with Crippen molar-refractivity contribution in [2.75, 3.05) is 5.32 Å². The zero-order valence-corrected chi connectivity index (χ0v) is 25.3. The van der Waals surface area contributed by atoms with Gasteiger partial charge < -0.3 is 20.3 Å². The molecule has 6 rings (SSSR count). The van der Waals surface area contributed by atoms with Gasteiger partial charge in [-0.3, -0.25) is 14.4 Å². The summed E-state index contributed by atoms with van der Waals surface area (Å²) < 4.78 is 6.61. The highest BCUT2D eigenvalue weighted by molar-refractivity contribution is 6.03. The van der Waals surface area contributed by atoms with Crippen LogP contribution in [-0.4, -0.2) is 52.5 Å². The second-order valence-electron chi connectivity index (χ2n) is 13.9. The number of nitrogens with one attached hydrogen (secondary N) is 2. The Bertz CT molecular complexity index is 1210. The number of hydrogen-bond acceptors (Lipinski definition) is 4. The SMILES string of the molecule is CC(C)c1ccc(NC(=O)[C@H]2[C@H]3C=C[C@@]4(O3)[C@H]2C(=O)N([C@@H]2CCCC[C@@H]2C)[C@@H]4C(=O)N[C@@H]2CCC[C@H](C)[C@@H]2C)cc1. The molecule has 4 fully saturated rings. The first-order valence-electron chi connectivity index (χ1n) is 16.0. The minimum absolute atomic E-state index is 0.0296. The van der Waals surface area contributed by atoms with Crippen LogP contribution in [0.5, 0.6) is 0 Å². The molecule has 0 unspecified atom stereocenters. The highest BCUT2D eigenvalue weighted by Crippen LogP contribution is 2.56. The fourth-order valence-electron chi connectivity index (χ4n) is 8.50.